The number of nitrogens with two attached hydrogens (primary N) is 1. The molecule has 0 radical (unpaired) electrons. The van der Waals surface area contributed by atoms with Crippen molar-refractivity contribution in [1.29, 1.82) is 5.26 Å². The summed E-state index contributed by atoms with van der Waals surface area (Å²) in [5.74, 6) is -0.449. The second-order valence-electron chi connectivity index (χ2n) is 6.66. The molecule has 3 N–H and O–H groups in total. The van der Waals surface area contributed by atoms with Crippen molar-refractivity contribution in [3.63, 3.8) is 0 Å². The minimum atomic E-state index is -0.791. The lowest BCUT2D eigenvalue weighted by Gasteiger charge is -2.08. The van der Waals surface area contributed by atoms with E-state index in [1.807, 2.05) is 36.6 Å². The summed E-state index contributed by atoms with van der Waals surface area (Å²) in [4.78, 5) is 27.8. The van der Waals surface area contributed by atoms with Gasteiger partial charge in [-0.1, -0.05) is 30.3 Å². The van der Waals surface area contributed by atoms with Crippen LogP contribution in [0, 0.1) is 18.3 Å². The number of rotatable bonds is 8. The summed E-state index contributed by atoms with van der Waals surface area (Å²) < 4.78 is 5.86. The number of amides is 2. The Balaban J connectivity index is 1.62. The topological polar surface area (TPSA) is 118 Å². The fourth-order valence-electron chi connectivity index (χ4n) is 2.71. The van der Waals surface area contributed by atoms with E-state index in [1.165, 1.54) is 12.2 Å². The number of thiazole rings is 1. The van der Waals surface area contributed by atoms with Crippen molar-refractivity contribution in [1.82, 2.24) is 4.98 Å². The summed E-state index contributed by atoms with van der Waals surface area (Å²) in [7, 11) is 0. The molecule has 0 saturated heterocycles. The first-order chi connectivity index (χ1) is 15.4. The predicted octanol–water partition coefficient (Wildman–Crippen LogP) is 4.07. The van der Waals surface area contributed by atoms with Crippen molar-refractivity contribution in [2.24, 2.45) is 5.73 Å². The molecule has 3 rings (SSSR count). The van der Waals surface area contributed by atoms with Crippen LogP contribution in [-0.2, 0) is 16.2 Å². The average Bonchev–Trinajstić information content (AvgIpc) is 3.21. The van der Waals surface area contributed by atoms with E-state index in [1.54, 1.807) is 47.7 Å². The molecule has 0 unspecified atom stereocenters. The minimum absolute atomic E-state index is 0.143. The van der Waals surface area contributed by atoms with E-state index in [4.69, 9.17) is 15.7 Å². The van der Waals surface area contributed by atoms with E-state index in [9.17, 15) is 9.59 Å². The summed E-state index contributed by atoms with van der Waals surface area (Å²) in [6, 6.07) is 15.9. The van der Waals surface area contributed by atoms with E-state index in [-0.39, 0.29) is 11.5 Å². The highest BCUT2D eigenvalue weighted by Crippen LogP contribution is 2.21. The second kappa shape index (κ2) is 10.7. The molecule has 1 aromatic heterocycles. The summed E-state index contributed by atoms with van der Waals surface area (Å²) in [6.07, 6.45) is 4.49. The van der Waals surface area contributed by atoms with Gasteiger partial charge in [-0.15, -0.1) is 11.3 Å². The number of aryl methyl sites for hydroxylation is 1. The number of carbonyl (C=O) groups is 2. The van der Waals surface area contributed by atoms with E-state index in [0.717, 1.165) is 16.3 Å². The Hall–Kier alpha value is -4.22. The fourth-order valence-corrected chi connectivity index (χ4v) is 3.31. The van der Waals surface area contributed by atoms with Gasteiger partial charge in [-0.25, -0.2) is 4.98 Å². The number of carbonyl (C=O) groups excluding carboxylic acids is 2. The number of hydrogen-bond donors (Lipinski definition) is 2. The Labute approximate surface area is 189 Å². The van der Waals surface area contributed by atoms with Gasteiger partial charge in [0.2, 0.25) is 5.91 Å². The number of nitrogens with zero attached hydrogens (tertiary/aromatic N) is 2. The lowest BCUT2D eigenvalue weighted by Crippen LogP contribution is -2.12. The monoisotopic (exact) mass is 444 g/mol. The Kier molecular flexibility index (Phi) is 7.51. The van der Waals surface area contributed by atoms with Crippen molar-refractivity contribution >= 4 is 41.0 Å². The van der Waals surface area contributed by atoms with Crippen LogP contribution in [0.5, 0.6) is 5.75 Å². The van der Waals surface area contributed by atoms with Gasteiger partial charge in [-0.3, -0.25) is 9.59 Å². The smallest absolute Gasteiger partial charge is 0.259 e. The minimum Gasteiger partial charge on any atom is -0.487 e. The molecule has 8 heteroatoms. The molecule has 2 aromatic carbocycles. The Bertz CT molecular complexity index is 1220. The van der Waals surface area contributed by atoms with Crippen molar-refractivity contribution in [3.8, 4) is 11.8 Å². The van der Waals surface area contributed by atoms with Crippen molar-refractivity contribution in [2.75, 3.05) is 5.32 Å². The highest BCUT2D eigenvalue weighted by Gasteiger charge is 2.05. The predicted molar refractivity (Wildman–Crippen MR) is 125 cm³/mol. The molecule has 0 spiro atoms. The van der Waals surface area contributed by atoms with Crippen molar-refractivity contribution < 1.29 is 14.3 Å². The van der Waals surface area contributed by atoms with Gasteiger partial charge >= 0.3 is 0 Å². The third-order valence-corrected chi connectivity index (χ3v) is 5.07. The zero-order chi connectivity index (χ0) is 22.9. The molecule has 1 heterocycles. The molecule has 0 saturated carbocycles. The molecule has 0 aliphatic carbocycles. The maximum absolute atomic E-state index is 12.3. The normalized spacial score (nSPS) is 11.2. The van der Waals surface area contributed by atoms with Crippen LogP contribution in [0.25, 0.3) is 12.2 Å². The molecule has 3 aromatic rings. The summed E-state index contributed by atoms with van der Waals surface area (Å²) in [5.41, 5.74) is 7.80. The average molecular weight is 445 g/mol. The van der Waals surface area contributed by atoms with E-state index >= 15 is 0 Å². The first kappa shape index (κ1) is 22.5. The molecule has 32 heavy (non-hydrogen) atoms. The van der Waals surface area contributed by atoms with Crippen LogP contribution in [0.2, 0.25) is 0 Å². The number of anilines is 1. The van der Waals surface area contributed by atoms with Gasteiger partial charge in [0.25, 0.3) is 5.91 Å². The molecular formula is C24H20N4O3S. The molecule has 160 valence electrons. The number of nitrogens with one attached hydrogen (secondary N) is 1. The van der Waals surface area contributed by atoms with Crippen LogP contribution in [0.1, 0.15) is 21.8 Å². The van der Waals surface area contributed by atoms with Gasteiger partial charge in [-0.05, 0) is 42.8 Å². The zero-order valence-electron chi connectivity index (χ0n) is 17.2. The summed E-state index contributed by atoms with van der Waals surface area (Å²) in [5, 5.41) is 14.6. The SMILES string of the molecule is Cc1nc(COc2ccccc2/C=C/C(=O)Nc2ccc(/C=C(/C#N)C(N)=O)cc2)cs1. The molecule has 0 bridgehead atoms. The standard InChI is InChI=1S/C24H20N4O3S/c1-16-27-21(15-32-16)14-31-22-5-3-2-4-18(22)8-11-23(29)28-20-9-6-17(7-10-20)12-19(13-25)24(26)30/h2-12,15H,14H2,1H3,(H2,26,30)(H,28,29)/b11-8+,19-12-. The second-order valence-corrected chi connectivity index (χ2v) is 7.73. The summed E-state index contributed by atoms with van der Waals surface area (Å²) >= 11 is 1.57. The van der Waals surface area contributed by atoms with Crippen LogP contribution in [0.4, 0.5) is 5.69 Å². The highest BCUT2D eigenvalue weighted by atomic mass is 32.1. The Morgan fingerprint density at radius 2 is 1.97 bits per heavy atom. The molecule has 0 fully saturated rings. The van der Waals surface area contributed by atoms with E-state index in [2.05, 4.69) is 10.3 Å². The zero-order valence-corrected chi connectivity index (χ0v) is 18.1. The number of primary amides is 1. The van der Waals surface area contributed by atoms with E-state index < -0.39 is 5.91 Å². The van der Waals surface area contributed by atoms with Gasteiger partial charge in [0.1, 0.15) is 24.0 Å². The number of ether oxygens (including phenoxy) is 1. The molecule has 0 atom stereocenters. The lowest BCUT2D eigenvalue weighted by molar-refractivity contribution is -0.114. The van der Waals surface area contributed by atoms with Gasteiger partial charge in [0, 0.05) is 22.7 Å². The highest BCUT2D eigenvalue weighted by molar-refractivity contribution is 7.09. The van der Waals surface area contributed by atoms with Crippen LogP contribution in [-0.4, -0.2) is 16.8 Å². The number of nitriles is 1. The lowest BCUT2D eigenvalue weighted by atomic mass is 10.1. The van der Waals surface area contributed by atoms with E-state index in [0.29, 0.717) is 23.6 Å². The van der Waals surface area contributed by atoms with Gasteiger partial charge < -0.3 is 15.8 Å². The van der Waals surface area contributed by atoms with Crippen LogP contribution < -0.4 is 15.8 Å². The van der Waals surface area contributed by atoms with Crippen molar-refractivity contribution in [2.45, 2.75) is 13.5 Å². The Morgan fingerprint density at radius 3 is 2.62 bits per heavy atom. The number of aromatic nitrogens is 1. The number of benzene rings is 2. The maximum Gasteiger partial charge on any atom is 0.259 e. The van der Waals surface area contributed by atoms with Crippen LogP contribution in [0.15, 0.2) is 65.6 Å². The van der Waals surface area contributed by atoms with Crippen molar-refractivity contribution in [3.05, 3.63) is 87.4 Å². The Morgan fingerprint density at radius 1 is 1.22 bits per heavy atom. The van der Waals surface area contributed by atoms with Gasteiger partial charge in [0.15, 0.2) is 0 Å². The first-order valence-electron chi connectivity index (χ1n) is 9.58. The van der Waals surface area contributed by atoms with Crippen LogP contribution >= 0.6 is 11.3 Å². The third kappa shape index (κ3) is 6.39. The van der Waals surface area contributed by atoms with Gasteiger partial charge in [0.05, 0.1) is 10.7 Å². The first-order valence-corrected chi connectivity index (χ1v) is 10.5. The molecule has 7 nitrogen and oxygen atoms in total. The third-order valence-electron chi connectivity index (χ3n) is 4.25. The quantitative estimate of drug-likeness (QED) is 0.401. The largest absolute Gasteiger partial charge is 0.487 e. The summed E-state index contributed by atoms with van der Waals surface area (Å²) in [6.45, 7) is 2.30. The maximum atomic E-state index is 12.3. The molecular weight excluding hydrogens is 424 g/mol. The molecule has 0 aliphatic heterocycles. The number of para-hydroxylation sites is 1. The molecule has 2 amide bonds. The molecule has 0 aliphatic rings. The number of hydrogen-bond acceptors (Lipinski definition) is 6. The van der Waals surface area contributed by atoms with Crippen LogP contribution in [0.3, 0.4) is 0 Å². The van der Waals surface area contributed by atoms with Gasteiger partial charge in [-0.2, -0.15) is 5.26 Å². The fraction of sp³-hybridized carbons (Fsp3) is 0.0833.